The smallest absolute Gasteiger partial charge is 0.226 e. The van der Waals surface area contributed by atoms with E-state index >= 15 is 0 Å². The zero-order chi connectivity index (χ0) is 15.0. The standard InChI is InChI=1S/C10H12O2.C6H9NO/c1-4-8-5-6-9(11-2)10(7-8)12-3;1-2-7-5-3-4-6(7)8/h4-7H,1H2,2-3H3;2H,1,3-5H2. The third-order valence-electron chi connectivity index (χ3n) is 2.97. The van der Waals surface area contributed by atoms with Gasteiger partial charge >= 0.3 is 0 Å². The summed E-state index contributed by atoms with van der Waals surface area (Å²) in [6, 6.07) is 5.66. The van der Waals surface area contributed by atoms with Crippen molar-refractivity contribution in [3.05, 3.63) is 43.1 Å². The molecule has 0 bridgehead atoms. The van der Waals surface area contributed by atoms with Gasteiger partial charge in [-0.05, 0) is 30.3 Å². The average molecular weight is 275 g/mol. The molecule has 1 fully saturated rings. The molecular formula is C16H21NO3. The molecule has 1 saturated heterocycles. The van der Waals surface area contributed by atoms with Crippen molar-refractivity contribution in [3.63, 3.8) is 0 Å². The van der Waals surface area contributed by atoms with E-state index in [0.717, 1.165) is 30.0 Å². The molecule has 0 atom stereocenters. The predicted molar refractivity (Wildman–Crippen MR) is 80.8 cm³/mol. The first-order chi connectivity index (χ1) is 9.65. The zero-order valence-corrected chi connectivity index (χ0v) is 12.1. The Morgan fingerprint density at radius 3 is 2.30 bits per heavy atom. The number of nitrogens with zero attached hydrogens (tertiary/aromatic N) is 1. The second-order valence-electron chi connectivity index (χ2n) is 4.19. The quantitative estimate of drug-likeness (QED) is 0.847. The van der Waals surface area contributed by atoms with E-state index in [1.165, 1.54) is 0 Å². The second-order valence-corrected chi connectivity index (χ2v) is 4.19. The van der Waals surface area contributed by atoms with E-state index in [-0.39, 0.29) is 5.91 Å². The Bertz CT molecular complexity index is 483. The average Bonchev–Trinajstić information content (AvgIpc) is 2.92. The number of hydrogen-bond donors (Lipinski definition) is 0. The van der Waals surface area contributed by atoms with Crippen molar-refractivity contribution in [1.82, 2.24) is 4.90 Å². The van der Waals surface area contributed by atoms with Gasteiger partial charge in [0, 0.05) is 13.0 Å². The lowest BCUT2D eigenvalue weighted by atomic mass is 10.2. The Labute approximate surface area is 120 Å². The fourth-order valence-corrected chi connectivity index (χ4v) is 1.84. The lowest BCUT2D eigenvalue weighted by molar-refractivity contribution is -0.125. The summed E-state index contributed by atoms with van der Waals surface area (Å²) in [6.07, 6.45) is 5.05. The molecule has 4 nitrogen and oxygen atoms in total. The van der Waals surface area contributed by atoms with Crippen LogP contribution in [0.5, 0.6) is 11.5 Å². The van der Waals surface area contributed by atoms with Crippen molar-refractivity contribution < 1.29 is 14.3 Å². The van der Waals surface area contributed by atoms with Crippen molar-refractivity contribution in [2.75, 3.05) is 20.8 Å². The summed E-state index contributed by atoms with van der Waals surface area (Å²) < 4.78 is 10.2. The first-order valence-corrected chi connectivity index (χ1v) is 6.42. The first kappa shape index (κ1) is 15.8. The number of benzene rings is 1. The van der Waals surface area contributed by atoms with E-state index in [1.54, 1.807) is 31.4 Å². The number of carbonyl (C=O) groups excluding carboxylic acids is 1. The molecule has 0 aliphatic carbocycles. The van der Waals surface area contributed by atoms with Crippen molar-refractivity contribution in [2.45, 2.75) is 12.8 Å². The van der Waals surface area contributed by atoms with Gasteiger partial charge < -0.3 is 14.4 Å². The van der Waals surface area contributed by atoms with E-state index < -0.39 is 0 Å². The molecular weight excluding hydrogens is 254 g/mol. The summed E-state index contributed by atoms with van der Waals surface area (Å²) >= 11 is 0. The third-order valence-corrected chi connectivity index (χ3v) is 2.97. The minimum Gasteiger partial charge on any atom is -0.493 e. The van der Waals surface area contributed by atoms with E-state index in [2.05, 4.69) is 13.2 Å². The Balaban J connectivity index is 0.000000217. The van der Waals surface area contributed by atoms with Gasteiger partial charge in [0.05, 0.1) is 14.2 Å². The number of carbonyl (C=O) groups is 1. The van der Waals surface area contributed by atoms with E-state index in [0.29, 0.717) is 6.42 Å². The number of hydrogen-bond acceptors (Lipinski definition) is 3. The zero-order valence-electron chi connectivity index (χ0n) is 12.1. The van der Waals surface area contributed by atoms with Crippen molar-refractivity contribution in [2.24, 2.45) is 0 Å². The molecule has 1 heterocycles. The molecule has 1 aliphatic rings. The van der Waals surface area contributed by atoms with Crippen LogP contribution in [-0.2, 0) is 4.79 Å². The Morgan fingerprint density at radius 1 is 1.20 bits per heavy atom. The molecule has 0 saturated carbocycles. The highest BCUT2D eigenvalue weighted by Gasteiger charge is 2.16. The van der Waals surface area contributed by atoms with Crippen LogP contribution < -0.4 is 9.47 Å². The molecule has 108 valence electrons. The maximum atomic E-state index is 10.7. The van der Waals surface area contributed by atoms with Crippen LogP contribution in [0.15, 0.2) is 37.6 Å². The number of methoxy groups -OCH3 is 2. The van der Waals surface area contributed by atoms with E-state index in [1.807, 2.05) is 18.2 Å². The molecule has 0 unspecified atom stereocenters. The monoisotopic (exact) mass is 275 g/mol. The highest BCUT2D eigenvalue weighted by Crippen LogP contribution is 2.27. The number of amides is 1. The minimum absolute atomic E-state index is 0.208. The summed E-state index contributed by atoms with van der Waals surface area (Å²) in [5.41, 5.74) is 1.02. The molecule has 1 amide bonds. The van der Waals surface area contributed by atoms with Gasteiger partial charge in [-0.1, -0.05) is 25.3 Å². The van der Waals surface area contributed by atoms with E-state index in [4.69, 9.17) is 9.47 Å². The SMILES string of the molecule is C=CN1CCCC1=O.C=Cc1ccc(OC)c(OC)c1. The maximum Gasteiger partial charge on any atom is 0.226 e. The number of likely N-dealkylation sites (tertiary alicyclic amines) is 1. The molecule has 0 aromatic heterocycles. The van der Waals surface area contributed by atoms with Crippen LogP contribution in [0.25, 0.3) is 6.08 Å². The molecule has 1 aromatic carbocycles. The summed E-state index contributed by atoms with van der Waals surface area (Å²) in [4.78, 5) is 12.3. The highest BCUT2D eigenvalue weighted by molar-refractivity contribution is 5.78. The molecule has 1 aliphatic heterocycles. The van der Waals surface area contributed by atoms with Gasteiger partial charge in [-0.15, -0.1) is 0 Å². The topological polar surface area (TPSA) is 38.8 Å². The molecule has 0 N–H and O–H groups in total. The number of ether oxygens (including phenoxy) is 2. The molecule has 0 spiro atoms. The molecule has 0 radical (unpaired) electrons. The molecule has 20 heavy (non-hydrogen) atoms. The van der Waals surface area contributed by atoms with Crippen molar-refractivity contribution in [3.8, 4) is 11.5 Å². The summed E-state index contributed by atoms with van der Waals surface area (Å²) in [6.45, 7) is 8.03. The second kappa shape index (κ2) is 8.04. The van der Waals surface area contributed by atoms with E-state index in [9.17, 15) is 4.79 Å². The van der Waals surface area contributed by atoms with Crippen molar-refractivity contribution >= 4 is 12.0 Å². The Hall–Kier alpha value is -2.23. The van der Waals surface area contributed by atoms with Crippen LogP contribution in [0, 0.1) is 0 Å². The lowest BCUT2D eigenvalue weighted by Gasteiger charge is -2.07. The largest absolute Gasteiger partial charge is 0.493 e. The molecule has 2 rings (SSSR count). The van der Waals surface area contributed by atoms with Gasteiger partial charge in [0.15, 0.2) is 11.5 Å². The number of rotatable bonds is 4. The predicted octanol–water partition coefficient (Wildman–Crippen LogP) is 3.10. The molecule has 4 heteroatoms. The summed E-state index contributed by atoms with van der Waals surface area (Å²) in [7, 11) is 3.23. The first-order valence-electron chi connectivity index (χ1n) is 6.42. The maximum absolute atomic E-state index is 10.7. The van der Waals surface area contributed by atoms with Gasteiger partial charge in [0.2, 0.25) is 5.91 Å². The third kappa shape index (κ3) is 4.16. The van der Waals surface area contributed by atoms with Gasteiger partial charge in [0.25, 0.3) is 0 Å². The lowest BCUT2D eigenvalue weighted by Crippen LogP contribution is -2.16. The highest BCUT2D eigenvalue weighted by atomic mass is 16.5. The van der Waals surface area contributed by atoms with Gasteiger partial charge in [-0.25, -0.2) is 0 Å². The minimum atomic E-state index is 0.208. The normalized spacial score (nSPS) is 13.3. The van der Waals surface area contributed by atoms with Crippen molar-refractivity contribution in [1.29, 1.82) is 0 Å². The Kier molecular flexibility index (Phi) is 6.37. The van der Waals surface area contributed by atoms with Crippen LogP contribution in [0.3, 0.4) is 0 Å². The fraction of sp³-hybridized carbons (Fsp3) is 0.312. The van der Waals surface area contributed by atoms with Gasteiger partial charge in [-0.3, -0.25) is 4.79 Å². The van der Waals surface area contributed by atoms with Gasteiger partial charge in [0.1, 0.15) is 0 Å². The van der Waals surface area contributed by atoms with Crippen LogP contribution in [0.2, 0.25) is 0 Å². The van der Waals surface area contributed by atoms with Crippen LogP contribution in [0.4, 0.5) is 0 Å². The van der Waals surface area contributed by atoms with Gasteiger partial charge in [-0.2, -0.15) is 0 Å². The Morgan fingerprint density at radius 2 is 1.90 bits per heavy atom. The summed E-state index contributed by atoms with van der Waals surface area (Å²) in [5.74, 6) is 1.68. The van der Waals surface area contributed by atoms with Crippen LogP contribution in [-0.4, -0.2) is 31.6 Å². The van der Waals surface area contributed by atoms with Crippen LogP contribution >= 0.6 is 0 Å². The fourth-order valence-electron chi connectivity index (χ4n) is 1.84. The summed E-state index contributed by atoms with van der Waals surface area (Å²) in [5, 5.41) is 0. The molecule has 1 aromatic rings. The van der Waals surface area contributed by atoms with Crippen LogP contribution in [0.1, 0.15) is 18.4 Å².